The second kappa shape index (κ2) is 10.2. The third kappa shape index (κ3) is 4.85. The Labute approximate surface area is 216 Å². The predicted molar refractivity (Wildman–Crippen MR) is 137 cm³/mol. The van der Waals surface area contributed by atoms with E-state index in [0.717, 1.165) is 6.20 Å². The zero-order valence-electron chi connectivity index (χ0n) is 20.6. The predicted octanol–water partition coefficient (Wildman–Crippen LogP) is 3.20. The van der Waals surface area contributed by atoms with Crippen LogP contribution in [-0.2, 0) is 11.3 Å². The van der Waals surface area contributed by atoms with Gasteiger partial charge in [-0.15, -0.1) is 0 Å². The number of pyridine rings is 1. The number of nitrogens with zero attached hydrogens (tertiary/aromatic N) is 4. The highest BCUT2D eigenvalue weighted by Crippen LogP contribution is 2.35. The normalized spacial score (nSPS) is 15.2. The number of benzene rings is 1. The maximum absolute atomic E-state index is 14.1. The van der Waals surface area contributed by atoms with Crippen LogP contribution < -0.4 is 26.4 Å². The number of rotatable bonds is 3. The van der Waals surface area contributed by atoms with Crippen LogP contribution in [0.3, 0.4) is 0 Å². The molecule has 0 saturated carbocycles. The van der Waals surface area contributed by atoms with E-state index in [9.17, 15) is 14.0 Å². The Hall–Kier alpha value is -4.94. The minimum atomic E-state index is -0.569. The summed E-state index contributed by atoms with van der Waals surface area (Å²) in [6.45, 7) is 4.01. The van der Waals surface area contributed by atoms with Gasteiger partial charge in [0.25, 0.3) is 5.91 Å². The van der Waals surface area contributed by atoms with Gasteiger partial charge in [-0.2, -0.15) is 9.61 Å². The molecule has 0 radical (unpaired) electrons. The maximum atomic E-state index is 14.1. The zero-order valence-corrected chi connectivity index (χ0v) is 20.6. The van der Waals surface area contributed by atoms with Crippen molar-refractivity contribution in [2.45, 2.75) is 26.5 Å². The van der Waals surface area contributed by atoms with Gasteiger partial charge in [0.2, 0.25) is 5.88 Å². The number of fused-ring (bicyclic) bond motifs is 2. The van der Waals surface area contributed by atoms with Crippen molar-refractivity contribution >= 4 is 35.0 Å². The Kier molecular flexibility index (Phi) is 6.64. The van der Waals surface area contributed by atoms with Gasteiger partial charge in [-0.1, -0.05) is 12.1 Å². The van der Waals surface area contributed by atoms with Crippen molar-refractivity contribution in [3.8, 4) is 17.0 Å². The van der Waals surface area contributed by atoms with Gasteiger partial charge in [0.1, 0.15) is 29.1 Å². The Morgan fingerprint density at radius 2 is 2.08 bits per heavy atom. The van der Waals surface area contributed by atoms with Crippen LogP contribution in [-0.4, -0.2) is 50.8 Å². The summed E-state index contributed by atoms with van der Waals surface area (Å²) in [7, 11) is 0. The molecular formula is C25H25FN8O4. The van der Waals surface area contributed by atoms with Gasteiger partial charge in [0.05, 0.1) is 31.1 Å². The van der Waals surface area contributed by atoms with Crippen LogP contribution >= 0.6 is 0 Å². The monoisotopic (exact) mass is 520 g/mol. The van der Waals surface area contributed by atoms with Gasteiger partial charge in [0.15, 0.2) is 5.65 Å². The number of halogens is 1. The number of nitrogens with two attached hydrogens (primary N) is 1. The first-order valence-corrected chi connectivity index (χ1v) is 11.9. The lowest BCUT2D eigenvalue weighted by Gasteiger charge is -2.18. The van der Waals surface area contributed by atoms with E-state index in [0.29, 0.717) is 28.2 Å². The molecule has 2 amide bonds. The van der Waals surface area contributed by atoms with E-state index in [1.165, 1.54) is 16.8 Å². The minimum absolute atomic E-state index is 0.107. The molecule has 38 heavy (non-hydrogen) atoms. The van der Waals surface area contributed by atoms with E-state index in [4.69, 9.17) is 15.2 Å². The molecule has 0 spiro atoms. The fourth-order valence-electron chi connectivity index (χ4n) is 4.04. The van der Waals surface area contributed by atoms with Crippen LogP contribution in [0.5, 0.6) is 5.88 Å². The third-order valence-corrected chi connectivity index (χ3v) is 5.82. The second-order valence-electron chi connectivity index (χ2n) is 8.55. The highest BCUT2D eigenvalue weighted by atomic mass is 19.1. The quantitative estimate of drug-likeness (QED) is 0.318. The van der Waals surface area contributed by atoms with Crippen molar-refractivity contribution in [1.29, 1.82) is 0 Å². The SMILES string of the molecule is CCOC(=O)Nc1ccc(-c2c3nc4c(cnn4c2N)C(=O)NCC(C)Oc2ncc(F)cc2CN3)cc1. The summed E-state index contributed by atoms with van der Waals surface area (Å²) in [6, 6.07) is 8.19. The van der Waals surface area contributed by atoms with Gasteiger partial charge >= 0.3 is 6.09 Å². The number of carbonyl (C=O) groups excluding carboxylic acids is 2. The molecule has 1 unspecified atom stereocenters. The van der Waals surface area contributed by atoms with E-state index < -0.39 is 23.9 Å². The van der Waals surface area contributed by atoms with Crippen LogP contribution in [0.25, 0.3) is 16.8 Å². The first-order chi connectivity index (χ1) is 18.3. The number of hydrogen-bond acceptors (Lipinski definition) is 9. The molecule has 0 aliphatic carbocycles. The lowest BCUT2D eigenvalue weighted by molar-refractivity contribution is 0.0932. The highest BCUT2D eigenvalue weighted by Gasteiger charge is 2.23. The van der Waals surface area contributed by atoms with Gasteiger partial charge in [-0.25, -0.2) is 19.2 Å². The standard InChI is InChI=1S/C25H25FN8O4/c1-3-37-25(36)32-17-6-4-14(5-7-17)19-20(27)34-22-18(12-31-34)23(35)29-9-13(2)38-24-15(8-16(26)11-30-24)10-28-21(19)33-22/h4-8,11-13H,3,9-10,27H2,1-2H3,(H,28,33)(H,29,35)(H,32,36). The van der Waals surface area contributed by atoms with Crippen LogP contribution in [0, 0.1) is 5.82 Å². The molecule has 1 aromatic carbocycles. The minimum Gasteiger partial charge on any atom is -0.473 e. The molecule has 1 aliphatic rings. The number of nitrogens with one attached hydrogen (secondary N) is 3. The number of carbonyl (C=O) groups is 2. The summed E-state index contributed by atoms with van der Waals surface area (Å²) >= 11 is 0. The van der Waals surface area contributed by atoms with Crippen molar-refractivity contribution in [3.63, 3.8) is 0 Å². The molecule has 2 bridgehead atoms. The van der Waals surface area contributed by atoms with Gasteiger partial charge in [0, 0.05) is 17.8 Å². The summed E-state index contributed by atoms with van der Waals surface area (Å²) in [5.74, 6) is -0.141. The van der Waals surface area contributed by atoms with E-state index in [-0.39, 0.29) is 42.6 Å². The molecule has 0 saturated heterocycles. The summed E-state index contributed by atoms with van der Waals surface area (Å²) in [4.78, 5) is 33.5. The fourth-order valence-corrected chi connectivity index (χ4v) is 4.04. The molecule has 196 valence electrons. The van der Waals surface area contributed by atoms with Crippen molar-refractivity contribution in [2.75, 3.05) is 29.5 Å². The zero-order chi connectivity index (χ0) is 26.8. The van der Waals surface area contributed by atoms with Gasteiger partial charge in [-0.3, -0.25) is 10.1 Å². The van der Waals surface area contributed by atoms with Crippen molar-refractivity contribution < 1.29 is 23.5 Å². The van der Waals surface area contributed by atoms with E-state index in [1.54, 1.807) is 38.1 Å². The average Bonchev–Trinajstić information content (AvgIpc) is 3.32. The lowest BCUT2D eigenvalue weighted by atomic mass is 10.1. The van der Waals surface area contributed by atoms with E-state index in [2.05, 4.69) is 31.0 Å². The molecule has 5 rings (SSSR count). The van der Waals surface area contributed by atoms with Crippen LogP contribution in [0.4, 0.5) is 26.5 Å². The smallest absolute Gasteiger partial charge is 0.411 e. The Balaban J connectivity index is 1.61. The van der Waals surface area contributed by atoms with Crippen molar-refractivity contribution in [2.24, 2.45) is 0 Å². The molecule has 1 aliphatic heterocycles. The summed E-state index contributed by atoms with van der Waals surface area (Å²) in [5, 5.41) is 12.9. The van der Waals surface area contributed by atoms with E-state index in [1.807, 2.05) is 0 Å². The lowest BCUT2D eigenvalue weighted by Crippen LogP contribution is -2.33. The summed E-state index contributed by atoms with van der Waals surface area (Å²) < 4.78 is 26.3. The summed E-state index contributed by atoms with van der Waals surface area (Å²) in [5.41, 5.74) is 9.16. The van der Waals surface area contributed by atoms with Gasteiger partial charge in [-0.05, 0) is 37.6 Å². The first kappa shape index (κ1) is 24.7. The fraction of sp³-hybridized carbons (Fsp3) is 0.240. The molecule has 12 nitrogen and oxygen atoms in total. The number of ether oxygens (including phenoxy) is 2. The van der Waals surface area contributed by atoms with E-state index >= 15 is 0 Å². The number of anilines is 3. The largest absolute Gasteiger partial charge is 0.473 e. The molecule has 5 N–H and O–H groups in total. The summed E-state index contributed by atoms with van der Waals surface area (Å²) in [6.07, 6.45) is 1.45. The third-order valence-electron chi connectivity index (χ3n) is 5.82. The molecule has 4 aromatic rings. The van der Waals surface area contributed by atoms with Gasteiger partial charge < -0.3 is 25.8 Å². The first-order valence-electron chi connectivity index (χ1n) is 11.9. The van der Waals surface area contributed by atoms with Crippen molar-refractivity contribution in [1.82, 2.24) is 24.9 Å². The Morgan fingerprint density at radius 3 is 2.84 bits per heavy atom. The molecule has 0 fully saturated rings. The average molecular weight is 521 g/mol. The number of nitrogen functional groups attached to an aromatic ring is 1. The number of amides is 2. The molecule has 13 heteroatoms. The Morgan fingerprint density at radius 1 is 1.29 bits per heavy atom. The Bertz CT molecular complexity index is 1520. The molecule has 4 heterocycles. The van der Waals surface area contributed by atoms with Crippen LogP contribution in [0.2, 0.25) is 0 Å². The molecular weight excluding hydrogens is 495 g/mol. The molecule has 1 atom stereocenters. The molecule has 3 aromatic heterocycles. The van der Waals surface area contributed by atoms with Crippen LogP contribution in [0.1, 0.15) is 29.8 Å². The highest BCUT2D eigenvalue weighted by molar-refractivity contribution is 6.01. The van der Waals surface area contributed by atoms with Crippen LogP contribution in [0.15, 0.2) is 42.7 Å². The van der Waals surface area contributed by atoms with Crippen molar-refractivity contribution in [3.05, 3.63) is 59.7 Å². The number of hydrogen-bond donors (Lipinski definition) is 4. The number of aromatic nitrogens is 4. The maximum Gasteiger partial charge on any atom is 0.411 e. The topological polar surface area (TPSA) is 158 Å². The second-order valence-corrected chi connectivity index (χ2v) is 8.55.